The third kappa shape index (κ3) is 3.69. The van der Waals surface area contributed by atoms with Gasteiger partial charge in [0.15, 0.2) is 0 Å². The SMILES string of the molecule is COc1ccccc1CCN1CC(C(=O)Nc2ccc3nc[nH]c3c2)CC1=O. The molecule has 144 valence electrons. The first-order valence-electron chi connectivity index (χ1n) is 9.27. The quantitative estimate of drug-likeness (QED) is 0.690. The summed E-state index contributed by atoms with van der Waals surface area (Å²) in [7, 11) is 1.64. The maximum Gasteiger partial charge on any atom is 0.229 e. The minimum atomic E-state index is -0.345. The molecule has 1 aliphatic heterocycles. The van der Waals surface area contributed by atoms with Crippen LogP contribution in [0.15, 0.2) is 48.8 Å². The van der Waals surface area contributed by atoms with Gasteiger partial charge in [-0.15, -0.1) is 0 Å². The van der Waals surface area contributed by atoms with E-state index in [-0.39, 0.29) is 24.2 Å². The van der Waals surface area contributed by atoms with Crippen molar-refractivity contribution in [2.75, 3.05) is 25.5 Å². The molecule has 28 heavy (non-hydrogen) atoms. The summed E-state index contributed by atoms with van der Waals surface area (Å²) in [4.78, 5) is 33.9. The van der Waals surface area contributed by atoms with Gasteiger partial charge in [-0.25, -0.2) is 4.98 Å². The van der Waals surface area contributed by atoms with Gasteiger partial charge in [-0.2, -0.15) is 0 Å². The standard InChI is InChI=1S/C21H22N4O3/c1-28-19-5-3-2-4-14(19)8-9-25-12-15(10-20(25)26)21(27)24-16-6-7-17-18(11-16)23-13-22-17/h2-7,11,13,15H,8-10,12H2,1H3,(H,22,23)(H,24,27). The molecule has 4 rings (SSSR count). The fourth-order valence-corrected chi connectivity index (χ4v) is 3.59. The summed E-state index contributed by atoms with van der Waals surface area (Å²) in [6, 6.07) is 13.3. The van der Waals surface area contributed by atoms with E-state index in [4.69, 9.17) is 4.74 Å². The van der Waals surface area contributed by atoms with Gasteiger partial charge in [-0.3, -0.25) is 9.59 Å². The Morgan fingerprint density at radius 2 is 2.18 bits per heavy atom. The molecule has 0 saturated carbocycles. The number of para-hydroxylation sites is 1. The number of nitrogens with zero attached hydrogens (tertiary/aromatic N) is 2. The highest BCUT2D eigenvalue weighted by Gasteiger charge is 2.34. The molecule has 0 aliphatic carbocycles. The molecule has 2 aromatic carbocycles. The van der Waals surface area contributed by atoms with Crippen LogP contribution in [0.3, 0.4) is 0 Å². The molecule has 2 amide bonds. The summed E-state index contributed by atoms with van der Waals surface area (Å²) in [5.41, 5.74) is 3.45. The van der Waals surface area contributed by atoms with Crippen LogP contribution in [-0.2, 0) is 16.0 Å². The second kappa shape index (κ2) is 7.72. The lowest BCUT2D eigenvalue weighted by atomic mass is 10.1. The number of rotatable bonds is 6. The van der Waals surface area contributed by atoms with Crippen molar-refractivity contribution in [1.29, 1.82) is 0 Å². The average Bonchev–Trinajstić information content (AvgIpc) is 3.32. The van der Waals surface area contributed by atoms with E-state index in [0.29, 0.717) is 25.2 Å². The van der Waals surface area contributed by atoms with Crippen molar-refractivity contribution in [1.82, 2.24) is 14.9 Å². The molecule has 0 spiro atoms. The third-order valence-electron chi connectivity index (χ3n) is 5.12. The molecule has 3 aromatic rings. The molecule has 1 aromatic heterocycles. The van der Waals surface area contributed by atoms with E-state index >= 15 is 0 Å². The highest BCUT2D eigenvalue weighted by Crippen LogP contribution is 2.23. The van der Waals surface area contributed by atoms with Crippen molar-refractivity contribution >= 4 is 28.5 Å². The lowest BCUT2D eigenvalue weighted by Gasteiger charge is -2.17. The Morgan fingerprint density at radius 1 is 1.32 bits per heavy atom. The molecule has 1 aliphatic rings. The Labute approximate surface area is 162 Å². The van der Waals surface area contributed by atoms with Crippen molar-refractivity contribution in [2.45, 2.75) is 12.8 Å². The molecule has 2 heterocycles. The predicted molar refractivity (Wildman–Crippen MR) is 106 cm³/mol. The van der Waals surface area contributed by atoms with Gasteiger partial charge in [0, 0.05) is 25.2 Å². The molecule has 1 saturated heterocycles. The number of H-pyrrole nitrogens is 1. The van der Waals surface area contributed by atoms with Crippen molar-refractivity contribution in [2.24, 2.45) is 5.92 Å². The van der Waals surface area contributed by atoms with Gasteiger partial charge in [-0.05, 0) is 36.2 Å². The number of hydrogen-bond donors (Lipinski definition) is 2. The van der Waals surface area contributed by atoms with Crippen LogP contribution in [0.4, 0.5) is 5.69 Å². The van der Waals surface area contributed by atoms with Crippen LogP contribution in [0.25, 0.3) is 11.0 Å². The van der Waals surface area contributed by atoms with E-state index in [0.717, 1.165) is 22.3 Å². The van der Waals surface area contributed by atoms with Crippen LogP contribution in [0.2, 0.25) is 0 Å². The van der Waals surface area contributed by atoms with Crippen molar-refractivity contribution in [3.8, 4) is 5.75 Å². The monoisotopic (exact) mass is 378 g/mol. The van der Waals surface area contributed by atoms with Gasteiger partial charge in [0.2, 0.25) is 11.8 Å². The first kappa shape index (κ1) is 18.0. The summed E-state index contributed by atoms with van der Waals surface area (Å²) in [6.45, 7) is 1.01. The third-order valence-corrected chi connectivity index (χ3v) is 5.12. The fraction of sp³-hybridized carbons (Fsp3) is 0.286. The van der Waals surface area contributed by atoms with Crippen molar-refractivity contribution in [3.05, 3.63) is 54.4 Å². The van der Waals surface area contributed by atoms with Gasteiger partial charge in [0.25, 0.3) is 0 Å². The van der Waals surface area contributed by atoms with Crippen LogP contribution in [-0.4, -0.2) is 46.9 Å². The van der Waals surface area contributed by atoms with E-state index in [1.165, 1.54) is 0 Å². The number of amides is 2. The van der Waals surface area contributed by atoms with Gasteiger partial charge in [0.05, 0.1) is 30.4 Å². The Kier molecular flexibility index (Phi) is 4.97. The highest BCUT2D eigenvalue weighted by molar-refractivity contribution is 5.98. The Balaban J connectivity index is 1.36. The zero-order chi connectivity index (χ0) is 19.5. The molecule has 7 heteroatoms. The van der Waals surface area contributed by atoms with Crippen LogP contribution in [0.1, 0.15) is 12.0 Å². The topological polar surface area (TPSA) is 87.3 Å². The average molecular weight is 378 g/mol. The molecular weight excluding hydrogens is 356 g/mol. The van der Waals surface area contributed by atoms with Crippen LogP contribution >= 0.6 is 0 Å². The number of methoxy groups -OCH3 is 1. The van der Waals surface area contributed by atoms with E-state index in [1.54, 1.807) is 18.3 Å². The number of ether oxygens (including phenoxy) is 1. The predicted octanol–water partition coefficient (Wildman–Crippen LogP) is 2.60. The number of likely N-dealkylation sites (tertiary alicyclic amines) is 1. The van der Waals surface area contributed by atoms with Gasteiger partial charge < -0.3 is 19.9 Å². The summed E-state index contributed by atoms with van der Waals surface area (Å²) in [6.07, 6.45) is 2.55. The number of hydrogen-bond acceptors (Lipinski definition) is 4. The second-order valence-electron chi connectivity index (χ2n) is 6.93. The lowest BCUT2D eigenvalue weighted by molar-refractivity contribution is -0.128. The van der Waals surface area contributed by atoms with Gasteiger partial charge >= 0.3 is 0 Å². The minimum absolute atomic E-state index is 0.0130. The maximum absolute atomic E-state index is 12.6. The van der Waals surface area contributed by atoms with Gasteiger partial charge in [0.1, 0.15) is 5.75 Å². The normalized spacial score (nSPS) is 16.5. The first-order chi connectivity index (χ1) is 13.6. The van der Waals surface area contributed by atoms with Crippen LogP contribution < -0.4 is 10.1 Å². The van der Waals surface area contributed by atoms with Crippen LogP contribution in [0.5, 0.6) is 5.75 Å². The smallest absolute Gasteiger partial charge is 0.229 e. The molecular formula is C21H22N4O3. The summed E-state index contributed by atoms with van der Waals surface area (Å²) >= 11 is 0. The van der Waals surface area contributed by atoms with E-state index in [9.17, 15) is 9.59 Å². The molecule has 0 radical (unpaired) electrons. The Morgan fingerprint density at radius 3 is 3.04 bits per heavy atom. The number of imidazole rings is 1. The van der Waals surface area contributed by atoms with Crippen molar-refractivity contribution < 1.29 is 14.3 Å². The number of carbonyl (C=O) groups excluding carboxylic acids is 2. The van der Waals surface area contributed by atoms with E-state index in [2.05, 4.69) is 15.3 Å². The molecule has 1 fully saturated rings. The molecule has 1 atom stereocenters. The number of nitrogens with one attached hydrogen (secondary N) is 2. The second-order valence-corrected chi connectivity index (χ2v) is 6.93. The van der Waals surface area contributed by atoms with Gasteiger partial charge in [-0.1, -0.05) is 18.2 Å². The largest absolute Gasteiger partial charge is 0.496 e. The number of carbonyl (C=O) groups is 2. The Hall–Kier alpha value is -3.35. The molecule has 1 unspecified atom stereocenters. The summed E-state index contributed by atoms with van der Waals surface area (Å²) in [5.74, 6) is 0.353. The fourth-order valence-electron chi connectivity index (χ4n) is 3.59. The van der Waals surface area contributed by atoms with E-state index in [1.807, 2.05) is 42.5 Å². The molecule has 0 bridgehead atoms. The number of aromatic amines is 1. The number of benzene rings is 2. The summed E-state index contributed by atoms with van der Waals surface area (Å²) in [5, 5.41) is 2.91. The summed E-state index contributed by atoms with van der Waals surface area (Å²) < 4.78 is 5.36. The number of anilines is 1. The zero-order valence-electron chi connectivity index (χ0n) is 15.6. The number of aromatic nitrogens is 2. The lowest BCUT2D eigenvalue weighted by Crippen LogP contribution is -2.30. The molecule has 2 N–H and O–H groups in total. The van der Waals surface area contributed by atoms with E-state index < -0.39 is 0 Å². The minimum Gasteiger partial charge on any atom is -0.496 e. The van der Waals surface area contributed by atoms with Crippen molar-refractivity contribution in [3.63, 3.8) is 0 Å². The Bertz CT molecular complexity index is 1010. The highest BCUT2D eigenvalue weighted by atomic mass is 16.5. The maximum atomic E-state index is 12.6. The number of fused-ring (bicyclic) bond motifs is 1. The first-order valence-corrected chi connectivity index (χ1v) is 9.27. The molecule has 7 nitrogen and oxygen atoms in total. The van der Waals surface area contributed by atoms with Crippen LogP contribution in [0, 0.1) is 5.92 Å². The zero-order valence-corrected chi connectivity index (χ0v) is 15.6.